The number of rotatable bonds is 14. The van der Waals surface area contributed by atoms with E-state index in [9.17, 15) is 18.0 Å². The number of fused-ring (bicyclic) bond motifs is 1. The van der Waals surface area contributed by atoms with Crippen LogP contribution < -0.4 is 25.4 Å². The standard InChI is InChI=1S/C32H41N7O7S/c1-7-21-18-22(8-10-24(21)30(40)35-13-16-45-17-14-36-31(41)46-32(2,3)4)38-28-29-37-20-26(39(29)15-12-34-28)25-11-9-23(44-6)19-27(25)47(42,43)33-5/h8-12,15,18-20,33H,7,13-14,16-17H2,1-6H3,(H,34,38)(H,35,40)(H,36,41). The summed E-state index contributed by atoms with van der Waals surface area (Å²) >= 11 is 0. The van der Waals surface area contributed by atoms with Crippen molar-refractivity contribution in [3.8, 4) is 17.0 Å². The Morgan fingerprint density at radius 2 is 1.74 bits per heavy atom. The highest BCUT2D eigenvalue weighted by Gasteiger charge is 2.22. The molecule has 0 unspecified atom stereocenters. The van der Waals surface area contributed by atoms with E-state index >= 15 is 0 Å². The largest absolute Gasteiger partial charge is 0.497 e. The lowest BCUT2D eigenvalue weighted by Crippen LogP contribution is -2.34. The third-order valence-corrected chi connectivity index (χ3v) is 8.35. The van der Waals surface area contributed by atoms with Crippen LogP contribution in [0.2, 0.25) is 0 Å². The number of carbonyl (C=O) groups is 2. The molecule has 252 valence electrons. The van der Waals surface area contributed by atoms with Gasteiger partial charge in [-0.25, -0.2) is 27.9 Å². The molecule has 4 N–H and O–H groups in total. The number of ether oxygens (including phenoxy) is 3. The Labute approximate surface area is 274 Å². The monoisotopic (exact) mass is 667 g/mol. The molecule has 2 heterocycles. The van der Waals surface area contributed by atoms with E-state index in [-0.39, 0.29) is 24.0 Å². The van der Waals surface area contributed by atoms with E-state index < -0.39 is 21.7 Å². The van der Waals surface area contributed by atoms with Crippen molar-refractivity contribution in [2.45, 2.75) is 44.6 Å². The molecule has 0 atom stereocenters. The van der Waals surface area contributed by atoms with Crippen LogP contribution in [-0.4, -0.2) is 80.8 Å². The second-order valence-electron chi connectivity index (χ2n) is 11.3. The first kappa shape index (κ1) is 35.1. The van der Waals surface area contributed by atoms with Crippen LogP contribution in [0.25, 0.3) is 16.9 Å². The molecule has 47 heavy (non-hydrogen) atoms. The van der Waals surface area contributed by atoms with E-state index in [1.807, 2.05) is 13.0 Å². The minimum atomic E-state index is -3.81. The van der Waals surface area contributed by atoms with Crippen molar-refractivity contribution in [1.29, 1.82) is 0 Å². The summed E-state index contributed by atoms with van der Waals surface area (Å²) in [6, 6.07) is 10.2. The first-order chi connectivity index (χ1) is 22.4. The lowest BCUT2D eigenvalue weighted by atomic mass is 10.0. The number of aromatic nitrogens is 3. The average Bonchev–Trinajstić information content (AvgIpc) is 3.48. The number of sulfonamides is 1. The molecule has 0 bridgehead atoms. The number of nitrogens with zero attached hydrogens (tertiary/aromatic N) is 3. The second-order valence-corrected chi connectivity index (χ2v) is 13.2. The summed E-state index contributed by atoms with van der Waals surface area (Å²) < 4.78 is 45.8. The SMILES string of the molecule is CCc1cc(Nc2nccn3c(-c4ccc(OC)cc4S(=O)(=O)NC)cnc23)ccc1C(=O)NCCOCCNC(=O)OC(C)(C)C. The van der Waals surface area contributed by atoms with Gasteiger partial charge in [-0.15, -0.1) is 0 Å². The Morgan fingerprint density at radius 3 is 2.43 bits per heavy atom. The first-order valence-corrected chi connectivity index (χ1v) is 16.5. The molecule has 2 amide bonds. The zero-order chi connectivity index (χ0) is 34.2. The maximum absolute atomic E-state index is 12.9. The fraction of sp³-hybridized carbons (Fsp3) is 0.375. The second kappa shape index (κ2) is 15.2. The van der Waals surface area contributed by atoms with Gasteiger partial charge >= 0.3 is 6.09 Å². The van der Waals surface area contributed by atoms with Crippen LogP contribution >= 0.6 is 0 Å². The van der Waals surface area contributed by atoms with Crippen molar-refractivity contribution in [2.24, 2.45) is 0 Å². The maximum Gasteiger partial charge on any atom is 0.407 e. The third kappa shape index (κ3) is 8.96. The maximum atomic E-state index is 12.9. The average molecular weight is 668 g/mol. The molecule has 0 aliphatic carbocycles. The summed E-state index contributed by atoms with van der Waals surface area (Å²) in [5.74, 6) is 0.624. The predicted octanol–water partition coefficient (Wildman–Crippen LogP) is 3.89. The lowest BCUT2D eigenvalue weighted by Gasteiger charge is -2.19. The van der Waals surface area contributed by atoms with Gasteiger partial charge in [0.2, 0.25) is 10.0 Å². The van der Waals surface area contributed by atoms with Crippen LogP contribution in [0.1, 0.15) is 43.6 Å². The van der Waals surface area contributed by atoms with Gasteiger partial charge in [0, 0.05) is 48.4 Å². The summed E-state index contributed by atoms with van der Waals surface area (Å²) in [5.41, 5.74) is 2.96. The molecule has 0 saturated carbocycles. The fourth-order valence-corrected chi connectivity index (χ4v) is 5.63. The number of nitrogens with one attached hydrogen (secondary N) is 4. The first-order valence-electron chi connectivity index (χ1n) is 15.0. The van der Waals surface area contributed by atoms with E-state index in [0.29, 0.717) is 59.2 Å². The molecule has 15 heteroatoms. The number of carbonyl (C=O) groups excluding carboxylic acids is 2. The van der Waals surface area contributed by atoms with Crippen molar-refractivity contribution in [2.75, 3.05) is 45.8 Å². The number of alkyl carbamates (subject to hydrolysis) is 1. The Morgan fingerprint density at radius 1 is 1.00 bits per heavy atom. The molecule has 14 nitrogen and oxygen atoms in total. The van der Waals surface area contributed by atoms with E-state index in [0.717, 1.165) is 5.56 Å². The number of amides is 2. The molecule has 0 radical (unpaired) electrons. The zero-order valence-corrected chi connectivity index (χ0v) is 28.2. The third-order valence-electron chi connectivity index (χ3n) is 6.89. The number of benzene rings is 2. The molecule has 0 spiro atoms. The van der Waals surface area contributed by atoms with Gasteiger partial charge in [0.1, 0.15) is 11.4 Å². The quantitative estimate of drug-likeness (QED) is 0.145. The molecular formula is C32H41N7O7S. The van der Waals surface area contributed by atoms with Crippen molar-refractivity contribution in [3.05, 3.63) is 66.1 Å². The van der Waals surface area contributed by atoms with Crippen molar-refractivity contribution < 1.29 is 32.2 Å². The molecule has 2 aromatic heterocycles. The molecule has 0 aliphatic heterocycles. The molecule has 4 aromatic rings. The van der Waals surface area contributed by atoms with Crippen LogP contribution in [0.3, 0.4) is 0 Å². The van der Waals surface area contributed by atoms with E-state index in [2.05, 4.69) is 30.6 Å². The topological polar surface area (TPSA) is 174 Å². The Kier molecular flexibility index (Phi) is 11.4. The molecular weight excluding hydrogens is 626 g/mol. The number of anilines is 2. The molecule has 0 fully saturated rings. The van der Waals surface area contributed by atoms with Crippen molar-refractivity contribution in [1.82, 2.24) is 29.7 Å². The van der Waals surface area contributed by atoms with Crippen LogP contribution in [0.15, 0.2) is 59.9 Å². The minimum absolute atomic E-state index is 0.0516. The summed E-state index contributed by atoms with van der Waals surface area (Å²) in [4.78, 5) is 33.7. The van der Waals surface area contributed by atoms with Crippen molar-refractivity contribution >= 4 is 39.2 Å². The smallest absolute Gasteiger partial charge is 0.407 e. The highest BCUT2D eigenvalue weighted by molar-refractivity contribution is 7.89. The summed E-state index contributed by atoms with van der Waals surface area (Å²) in [6.45, 7) is 8.49. The minimum Gasteiger partial charge on any atom is -0.497 e. The zero-order valence-electron chi connectivity index (χ0n) is 27.3. The normalized spacial score (nSPS) is 11.7. The summed E-state index contributed by atoms with van der Waals surface area (Å²) in [5, 5.41) is 8.77. The van der Waals surface area contributed by atoms with Gasteiger partial charge in [0.15, 0.2) is 11.5 Å². The fourth-order valence-electron chi connectivity index (χ4n) is 4.68. The van der Waals surface area contributed by atoms with Gasteiger partial charge in [-0.2, -0.15) is 0 Å². The summed E-state index contributed by atoms with van der Waals surface area (Å²) in [7, 11) is -0.990. The number of methoxy groups -OCH3 is 1. The van der Waals surface area contributed by atoms with Crippen LogP contribution in [-0.2, 0) is 25.9 Å². The highest BCUT2D eigenvalue weighted by atomic mass is 32.2. The van der Waals surface area contributed by atoms with Gasteiger partial charge in [-0.1, -0.05) is 6.92 Å². The van der Waals surface area contributed by atoms with Gasteiger partial charge in [-0.05, 0) is 70.1 Å². The van der Waals surface area contributed by atoms with Crippen molar-refractivity contribution in [3.63, 3.8) is 0 Å². The van der Waals surface area contributed by atoms with E-state index in [4.69, 9.17) is 14.2 Å². The summed E-state index contributed by atoms with van der Waals surface area (Å²) in [6.07, 6.45) is 4.98. The lowest BCUT2D eigenvalue weighted by molar-refractivity contribution is 0.0500. The van der Waals surface area contributed by atoms with Gasteiger partial charge in [-0.3, -0.25) is 9.20 Å². The van der Waals surface area contributed by atoms with E-state index in [1.165, 1.54) is 20.2 Å². The molecule has 0 saturated heterocycles. The number of imidazole rings is 1. The number of hydrogen-bond acceptors (Lipinski definition) is 10. The van der Waals surface area contributed by atoms with Crippen LogP contribution in [0.4, 0.5) is 16.3 Å². The van der Waals surface area contributed by atoms with Gasteiger partial charge < -0.3 is 30.2 Å². The number of hydrogen-bond donors (Lipinski definition) is 4. The number of aryl methyl sites for hydroxylation is 1. The Hall–Kier alpha value is -4.73. The van der Waals surface area contributed by atoms with Gasteiger partial charge in [0.05, 0.1) is 37.1 Å². The predicted molar refractivity (Wildman–Crippen MR) is 178 cm³/mol. The van der Waals surface area contributed by atoms with Gasteiger partial charge in [0.25, 0.3) is 5.91 Å². The Balaban J connectivity index is 1.42. The Bertz CT molecular complexity index is 1840. The molecule has 2 aromatic carbocycles. The molecule has 0 aliphatic rings. The highest BCUT2D eigenvalue weighted by Crippen LogP contribution is 2.32. The van der Waals surface area contributed by atoms with Crippen LogP contribution in [0.5, 0.6) is 5.75 Å². The van der Waals surface area contributed by atoms with Crippen LogP contribution in [0, 0.1) is 0 Å². The van der Waals surface area contributed by atoms with E-state index in [1.54, 1.807) is 68.0 Å². The molecule has 4 rings (SSSR count).